The number of fused-ring (bicyclic) bond motifs is 3. The predicted molar refractivity (Wildman–Crippen MR) is 515 cm³/mol. The average molecular weight is 1980 g/mol. The molecular weight excluding hydrogens is 1900 g/mol. The van der Waals surface area contributed by atoms with Crippen LogP contribution >= 0.6 is 89.9 Å². The number of aliphatic hydroxyl groups is 2. The van der Waals surface area contributed by atoms with E-state index in [2.05, 4.69) is 102 Å². The lowest BCUT2D eigenvalue weighted by atomic mass is 9.78. The second kappa shape index (κ2) is 44.7. The van der Waals surface area contributed by atoms with Crippen molar-refractivity contribution >= 4 is 177 Å². The zero-order valence-corrected chi connectivity index (χ0v) is 76.6. The third kappa shape index (κ3) is 26.9. The Morgan fingerprint density at radius 1 is 0.415 bits per heavy atom. The first-order valence-corrected chi connectivity index (χ1v) is 42.4. The highest BCUT2D eigenvalue weighted by Crippen LogP contribution is 2.40. The maximum absolute atomic E-state index is 13.2. The zero-order valence-electron chi connectivity index (χ0n) is 69.7. The molecule has 660 valence electrons. The standard InChI is InChI=1S/C19H11BrCl2N4.C19H12ClFN4.C15H17BClNO2.C10H7BrFN3.C10H8FN3.C9H13NO2.C6H6BFO2.C4H4ClN3/c20-18-19(23)26-16(10-3-5-13(21)6-4-10)17(25-18)12-8-11-2-1-7-24-15(11)14(22)9-12;20-15-9-13(8-12-2-1-7-23-17(12)15)18-19(25-16(22)10-24-18)11-3-5-14(21)6-4-11;1-14(2)15(3,4)20-16(19-14)11-8-10-6-5-7-18-13(10)12(17)9-11;11-10-9(15-8(13)5-14-10)6-1-3-7(12)4-2-6;11-8-3-1-7(2-4-8)9-5-13-6-10(12)14-9;1-9(2,12)8-5-3-4-7(6-11)10-8;8-6-3-1-5(2-4-6)7(9)10;5-3-1-7-2-4(6)8-3/h1-9H,(H2,23,26);1-10H,(H2,22,25);5-9H,1-4H3;1-5H,(H2,13,15);1-6H,(H2,12,14);3-5,11-12H,6H2,1-2H3;1-4,9-10H;1-2H,(H2,6,8). The van der Waals surface area contributed by atoms with Crippen LogP contribution in [0.4, 0.5) is 46.7 Å². The van der Waals surface area contributed by atoms with Gasteiger partial charge in [0.1, 0.15) is 72.2 Å². The summed E-state index contributed by atoms with van der Waals surface area (Å²) in [5, 5.41) is 40.9. The topological polar surface area (TPSA) is 410 Å². The van der Waals surface area contributed by atoms with E-state index < -0.39 is 19.8 Å². The molecule has 25 nitrogen and oxygen atoms in total. The molecule has 130 heavy (non-hydrogen) atoms. The van der Waals surface area contributed by atoms with Crippen LogP contribution in [0.25, 0.3) is 100 Å². The summed E-state index contributed by atoms with van der Waals surface area (Å²) in [6.45, 7) is 11.4. The fraction of sp³-hybridized carbons (Fsp3) is 0.109. The number of nitrogens with zero attached hydrogens (tertiary/aromatic N) is 14. The smallest absolute Gasteiger partial charge is 0.423 e. The summed E-state index contributed by atoms with van der Waals surface area (Å²) < 4.78 is 63.9. The number of hydrogen-bond donors (Lipinski definition) is 9. The molecule has 0 bridgehead atoms. The van der Waals surface area contributed by atoms with Gasteiger partial charge >= 0.3 is 14.2 Å². The van der Waals surface area contributed by atoms with Crippen molar-refractivity contribution in [2.24, 2.45) is 0 Å². The van der Waals surface area contributed by atoms with Gasteiger partial charge in [-0.1, -0.05) is 113 Å². The maximum atomic E-state index is 13.2. The lowest BCUT2D eigenvalue weighted by Crippen LogP contribution is -2.41. The third-order valence-corrected chi connectivity index (χ3v) is 21.5. The van der Waals surface area contributed by atoms with E-state index in [1.54, 1.807) is 111 Å². The van der Waals surface area contributed by atoms with Crippen LogP contribution in [-0.2, 0) is 21.5 Å². The summed E-state index contributed by atoms with van der Waals surface area (Å²) in [4.78, 5) is 58.3. The molecule has 1 aliphatic heterocycles. The molecule has 38 heteroatoms. The van der Waals surface area contributed by atoms with Crippen molar-refractivity contribution in [1.82, 2.24) is 69.8 Å². The highest BCUT2D eigenvalue weighted by molar-refractivity contribution is 9.10. The van der Waals surface area contributed by atoms with Crippen LogP contribution in [0.5, 0.6) is 0 Å². The Morgan fingerprint density at radius 3 is 1.32 bits per heavy atom. The summed E-state index contributed by atoms with van der Waals surface area (Å²) in [6.07, 6.45) is 14.0. The van der Waals surface area contributed by atoms with Crippen LogP contribution in [0.3, 0.4) is 0 Å². The molecule has 8 aromatic carbocycles. The number of aromatic nitrogens is 14. The minimum atomic E-state index is -1.51. The van der Waals surface area contributed by atoms with Gasteiger partial charge in [0.15, 0.2) is 5.82 Å². The normalized spacial score (nSPS) is 12.1. The minimum absolute atomic E-state index is 0.0933. The molecule has 1 saturated heterocycles. The summed E-state index contributed by atoms with van der Waals surface area (Å²) in [5.41, 5.74) is 39.5. The average Bonchev–Trinajstić information content (AvgIpc) is 1.63. The van der Waals surface area contributed by atoms with Crippen LogP contribution in [0.2, 0.25) is 25.2 Å². The first-order chi connectivity index (χ1) is 61.9. The van der Waals surface area contributed by atoms with Gasteiger partial charge in [0.2, 0.25) is 0 Å². The molecule has 9 aromatic heterocycles. The van der Waals surface area contributed by atoms with E-state index in [1.165, 1.54) is 91.6 Å². The molecule has 18 rings (SSSR count). The summed E-state index contributed by atoms with van der Waals surface area (Å²) in [5.74, 6) is 0.370. The third-order valence-electron chi connectivity index (χ3n) is 19.0. The van der Waals surface area contributed by atoms with E-state index in [9.17, 15) is 22.7 Å². The molecule has 0 unspecified atom stereocenters. The molecule has 14 N–H and O–H groups in total. The fourth-order valence-corrected chi connectivity index (χ4v) is 13.7. The second-order valence-electron chi connectivity index (χ2n) is 29.5. The van der Waals surface area contributed by atoms with E-state index in [4.69, 9.17) is 111 Å². The van der Waals surface area contributed by atoms with Crippen molar-refractivity contribution in [1.29, 1.82) is 0 Å². The number of pyridine rings is 4. The Kier molecular flexibility index (Phi) is 33.8. The van der Waals surface area contributed by atoms with Gasteiger partial charge in [-0.2, -0.15) is 0 Å². The van der Waals surface area contributed by atoms with Crippen molar-refractivity contribution < 1.29 is 47.1 Å². The number of halogens is 11. The van der Waals surface area contributed by atoms with Crippen molar-refractivity contribution in [3.05, 3.63) is 337 Å². The van der Waals surface area contributed by atoms with Crippen LogP contribution in [0.1, 0.15) is 52.9 Å². The molecule has 0 spiro atoms. The van der Waals surface area contributed by atoms with Gasteiger partial charge in [0.05, 0.1) is 126 Å². The van der Waals surface area contributed by atoms with Gasteiger partial charge in [0, 0.05) is 73.2 Å². The Labute approximate surface area is 786 Å². The van der Waals surface area contributed by atoms with Crippen molar-refractivity contribution in [3.8, 4) is 67.5 Å². The number of hydrogen-bond acceptors (Lipinski definition) is 25. The van der Waals surface area contributed by atoms with E-state index in [1.807, 2.05) is 107 Å². The Morgan fingerprint density at radius 2 is 0.838 bits per heavy atom. The van der Waals surface area contributed by atoms with Gasteiger partial charge in [0.25, 0.3) is 0 Å². The minimum Gasteiger partial charge on any atom is -0.423 e. The summed E-state index contributed by atoms with van der Waals surface area (Å²) >= 11 is 37.1. The van der Waals surface area contributed by atoms with Gasteiger partial charge in [-0.05, 0) is 242 Å². The van der Waals surface area contributed by atoms with Crippen LogP contribution in [0.15, 0.2) is 277 Å². The lowest BCUT2D eigenvalue weighted by molar-refractivity contribution is 0.00578. The molecule has 10 heterocycles. The molecule has 0 atom stereocenters. The molecule has 1 fully saturated rings. The summed E-state index contributed by atoms with van der Waals surface area (Å²) in [6, 6.07) is 58.6. The lowest BCUT2D eigenvalue weighted by Gasteiger charge is -2.32. The number of anilines is 5. The van der Waals surface area contributed by atoms with Crippen LogP contribution in [-0.4, -0.2) is 115 Å². The number of benzene rings is 8. The Bertz CT molecular complexity index is 6740. The highest BCUT2D eigenvalue weighted by Gasteiger charge is 2.52. The van der Waals surface area contributed by atoms with E-state index in [-0.39, 0.29) is 46.9 Å². The van der Waals surface area contributed by atoms with Crippen molar-refractivity contribution in [2.75, 3.05) is 28.7 Å². The highest BCUT2D eigenvalue weighted by atomic mass is 79.9. The Balaban J connectivity index is 0.000000148. The molecule has 1 aliphatic rings. The van der Waals surface area contributed by atoms with E-state index in [0.717, 1.165) is 71.6 Å². The van der Waals surface area contributed by atoms with E-state index in [0.29, 0.717) is 109 Å². The molecular formula is C92H78B2Br2Cl5F4N19O6. The molecule has 17 aromatic rings. The van der Waals surface area contributed by atoms with Crippen LogP contribution in [0, 0.1) is 23.3 Å². The summed E-state index contributed by atoms with van der Waals surface area (Å²) in [7, 11) is -1.91. The van der Waals surface area contributed by atoms with Crippen molar-refractivity contribution in [2.45, 2.75) is 65.0 Å². The largest absolute Gasteiger partial charge is 0.494 e. The van der Waals surface area contributed by atoms with E-state index >= 15 is 0 Å². The number of nitrogens with two attached hydrogens (primary N) is 5. The Hall–Kier alpha value is -12.4. The molecule has 0 aliphatic carbocycles. The first kappa shape index (κ1) is 98.2. The second-order valence-corrected chi connectivity index (χ2v) is 33.1. The predicted octanol–water partition coefficient (Wildman–Crippen LogP) is 19.4. The first-order valence-electron chi connectivity index (χ1n) is 38.9. The maximum Gasteiger partial charge on any atom is 0.494 e. The number of aliphatic hydroxyl groups excluding tert-OH is 1. The fourth-order valence-electron chi connectivity index (χ4n) is 11.9. The molecule has 0 radical (unpaired) electrons. The molecule has 0 amide bonds. The van der Waals surface area contributed by atoms with Gasteiger partial charge in [-0.3, -0.25) is 34.9 Å². The monoisotopic (exact) mass is 1980 g/mol. The van der Waals surface area contributed by atoms with Gasteiger partial charge in [-0.15, -0.1) is 0 Å². The zero-order chi connectivity index (χ0) is 93.7. The molecule has 0 saturated carbocycles. The quantitative estimate of drug-likeness (QED) is 0.0453. The van der Waals surface area contributed by atoms with Crippen LogP contribution < -0.4 is 39.6 Å². The number of nitrogen functional groups attached to an aromatic ring is 5. The number of rotatable bonds is 10. The van der Waals surface area contributed by atoms with Gasteiger partial charge in [-0.25, -0.2) is 52.4 Å². The SMILES string of the molecule is CC(C)(O)c1cccc(CO)n1.CC1(C)OB(c2cc(Cl)c3ncccc3c2)OC1(C)C.Nc1cnc(-c2cc(Cl)c3ncccc3c2)c(-c2ccc(F)cc2)n1.Nc1cnc(Br)c(-c2ccc(F)cc2)n1.Nc1cncc(-c2ccc(F)cc2)n1.Nc1cncc(Cl)n1.Nc1nc(-c2ccc(Cl)cc2)c(-c2cc(Cl)c3ncccc3c2)nc1Br.OB(O)c1ccc(F)cc1. The van der Waals surface area contributed by atoms with Gasteiger partial charge < -0.3 is 58.2 Å². The van der Waals surface area contributed by atoms with Crippen molar-refractivity contribution in [3.63, 3.8) is 0 Å².